The Labute approximate surface area is 205 Å². The molecule has 0 aliphatic carbocycles. The molecule has 0 spiro atoms. The Bertz CT molecular complexity index is 699. The van der Waals surface area contributed by atoms with Crippen molar-refractivity contribution in [3.8, 4) is 0 Å². The number of nitrogens with one attached hydrogen (secondary N) is 1. The zero-order valence-corrected chi connectivity index (χ0v) is 21.0. The van der Waals surface area contributed by atoms with Crippen LogP contribution in [0.2, 0.25) is 0 Å². The molecule has 1 aromatic carbocycles. The Morgan fingerprint density at radius 2 is 1.87 bits per heavy atom. The topological polar surface area (TPSA) is 48.1 Å². The number of anilines is 1. The van der Waals surface area contributed by atoms with E-state index in [9.17, 15) is 4.79 Å². The van der Waals surface area contributed by atoms with Crippen LogP contribution in [-0.4, -0.2) is 91.7 Å². The zero-order chi connectivity index (χ0) is 19.5. The monoisotopic (exact) mass is 494 g/mol. The Morgan fingerprint density at radius 1 is 1.13 bits per heavy atom. The van der Waals surface area contributed by atoms with Gasteiger partial charge in [0.25, 0.3) is 5.91 Å². The van der Waals surface area contributed by atoms with Gasteiger partial charge in [0.1, 0.15) is 0 Å². The third kappa shape index (κ3) is 6.86. The molecule has 3 aliphatic rings. The van der Waals surface area contributed by atoms with E-state index in [0.717, 1.165) is 83.1 Å². The van der Waals surface area contributed by atoms with E-state index in [-0.39, 0.29) is 49.2 Å². The van der Waals surface area contributed by atoms with Gasteiger partial charge in [-0.3, -0.25) is 14.6 Å². The summed E-state index contributed by atoms with van der Waals surface area (Å²) in [5, 5.41) is 3.43. The number of carbonyl (C=O) groups excluding carboxylic acids is 1. The normalized spacial score (nSPS) is 21.8. The second-order valence-corrected chi connectivity index (χ2v) is 8.54. The molecule has 6 nitrogen and oxygen atoms in total. The van der Waals surface area contributed by atoms with E-state index in [4.69, 9.17) is 4.74 Å². The second kappa shape index (κ2) is 13.1. The van der Waals surface area contributed by atoms with Crippen molar-refractivity contribution in [3.05, 3.63) is 29.3 Å². The summed E-state index contributed by atoms with van der Waals surface area (Å²) in [6, 6.07) is 6.67. The maximum absolute atomic E-state index is 13.1. The predicted molar refractivity (Wildman–Crippen MR) is 134 cm³/mol. The molecular weight excluding hydrogens is 459 g/mol. The van der Waals surface area contributed by atoms with Gasteiger partial charge < -0.3 is 15.0 Å². The lowest BCUT2D eigenvalue weighted by Gasteiger charge is -2.40. The van der Waals surface area contributed by atoms with Crippen molar-refractivity contribution in [3.63, 3.8) is 0 Å². The number of ether oxygens (including phenoxy) is 1. The molecule has 1 atom stereocenters. The third-order valence-corrected chi connectivity index (χ3v) is 6.35. The minimum atomic E-state index is 0. The highest BCUT2D eigenvalue weighted by molar-refractivity contribution is 5.97. The SMILES string of the molecule is CC(C)N1CCOC(CN2CCN(C(=O)c3cccc4c3CCCN4)CC2)C1.Cl.Cl.Cl. The van der Waals surface area contributed by atoms with E-state index in [1.54, 1.807) is 0 Å². The molecule has 178 valence electrons. The number of hydrogen-bond donors (Lipinski definition) is 1. The molecule has 4 rings (SSSR count). The number of fused-ring (bicyclic) bond motifs is 1. The highest BCUT2D eigenvalue weighted by atomic mass is 35.5. The van der Waals surface area contributed by atoms with Gasteiger partial charge in [0.2, 0.25) is 0 Å². The fourth-order valence-electron chi connectivity index (χ4n) is 4.62. The van der Waals surface area contributed by atoms with Gasteiger partial charge in [-0.15, -0.1) is 37.2 Å². The molecular formula is C22H37Cl3N4O2. The summed E-state index contributed by atoms with van der Waals surface area (Å²) in [7, 11) is 0. The van der Waals surface area contributed by atoms with Crippen LogP contribution in [0.1, 0.15) is 36.2 Å². The standard InChI is InChI=1S/C22H34N4O2.3ClH/c1-17(2)26-13-14-28-18(16-26)15-24-9-11-25(12-10-24)22(27)20-5-3-7-21-19(20)6-4-8-23-21;;;/h3,5,7,17-18,23H,4,6,8-16H2,1-2H3;3*1H. The molecule has 1 unspecified atom stereocenters. The quantitative estimate of drug-likeness (QED) is 0.695. The van der Waals surface area contributed by atoms with Crippen LogP contribution in [0.4, 0.5) is 5.69 Å². The van der Waals surface area contributed by atoms with Crippen LogP contribution in [0.3, 0.4) is 0 Å². The molecule has 3 heterocycles. The fraction of sp³-hybridized carbons (Fsp3) is 0.682. The van der Waals surface area contributed by atoms with Crippen molar-refractivity contribution in [2.24, 2.45) is 0 Å². The fourth-order valence-corrected chi connectivity index (χ4v) is 4.62. The number of rotatable bonds is 4. The van der Waals surface area contributed by atoms with Crippen molar-refractivity contribution in [1.82, 2.24) is 14.7 Å². The first kappa shape index (κ1) is 28.3. The van der Waals surface area contributed by atoms with Gasteiger partial charge in [0.05, 0.1) is 12.7 Å². The zero-order valence-electron chi connectivity index (χ0n) is 18.5. The molecule has 2 fully saturated rings. The van der Waals surface area contributed by atoms with Crippen LogP contribution < -0.4 is 5.32 Å². The average molecular weight is 496 g/mol. The minimum absolute atomic E-state index is 0. The smallest absolute Gasteiger partial charge is 0.254 e. The number of morpholine rings is 1. The number of nitrogens with zero attached hydrogens (tertiary/aromatic N) is 3. The second-order valence-electron chi connectivity index (χ2n) is 8.54. The van der Waals surface area contributed by atoms with Crippen LogP contribution in [-0.2, 0) is 11.2 Å². The van der Waals surface area contributed by atoms with E-state index < -0.39 is 0 Å². The average Bonchev–Trinajstić information content (AvgIpc) is 2.73. The van der Waals surface area contributed by atoms with Crippen molar-refractivity contribution in [1.29, 1.82) is 0 Å². The molecule has 0 radical (unpaired) electrons. The summed E-state index contributed by atoms with van der Waals surface area (Å²) in [4.78, 5) is 20.1. The van der Waals surface area contributed by atoms with Crippen LogP contribution >= 0.6 is 37.2 Å². The first-order valence-corrected chi connectivity index (χ1v) is 10.8. The molecule has 0 bridgehead atoms. The number of carbonyl (C=O) groups is 1. The Kier molecular flexibility index (Phi) is 11.9. The van der Waals surface area contributed by atoms with Gasteiger partial charge in [0.15, 0.2) is 0 Å². The van der Waals surface area contributed by atoms with E-state index in [1.807, 2.05) is 17.0 Å². The van der Waals surface area contributed by atoms with Gasteiger partial charge in [-0.05, 0) is 44.4 Å². The molecule has 3 aliphatic heterocycles. The summed E-state index contributed by atoms with van der Waals surface area (Å²) in [5.74, 6) is 0.195. The number of halogens is 3. The maximum atomic E-state index is 13.1. The van der Waals surface area contributed by atoms with E-state index in [1.165, 1.54) is 5.56 Å². The number of piperazine rings is 1. The van der Waals surface area contributed by atoms with Gasteiger partial charge >= 0.3 is 0 Å². The minimum Gasteiger partial charge on any atom is -0.385 e. The Hall–Kier alpha value is -0.760. The summed E-state index contributed by atoms with van der Waals surface area (Å²) in [6.07, 6.45) is 2.38. The highest BCUT2D eigenvalue weighted by Crippen LogP contribution is 2.26. The molecule has 1 aromatic rings. The van der Waals surface area contributed by atoms with Gasteiger partial charge in [-0.1, -0.05) is 6.07 Å². The Morgan fingerprint density at radius 3 is 2.58 bits per heavy atom. The molecule has 1 amide bonds. The van der Waals surface area contributed by atoms with Crippen molar-refractivity contribution in [2.45, 2.75) is 38.8 Å². The molecule has 9 heteroatoms. The van der Waals surface area contributed by atoms with Crippen LogP contribution in [0.25, 0.3) is 0 Å². The summed E-state index contributed by atoms with van der Waals surface area (Å²) < 4.78 is 6.00. The van der Waals surface area contributed by atoms with E-state index in [0.29, 0.717) is 6.04 Å². The van der Waals surface area contributed by atoms with E-state index in [2.05, 4.69) is 35.0 Å². The third-order valence-electron chi connectivity index (χ3n) is 6.35. The predicted octanol–water partition coefficient (Wildman–Crippen LogP) is 3.18. The van der Waals surface area contributed by atoms with Gasteiger partial charge in [0, 0.05) is 69.7 Å². The lowest BCUT2D eigenvalue weighted by atomic mass is 9.96. The number of hydrogen-bond acceptors (Lipinski definition) is 5. The maximum Gasteiger partial charge on any atom is 0.254 e. The van der Waals surface area contributed by atoms with Crippen molar-refractivity contribution in [2.75, 3.05) is 64.3 Å². The number of benzene rings is 1. The van der Waals surface area contributed by atoms with Crippen LogP contribution in [0.5, 0.6) is 0 Å². The van der Waals surface area contributed by atoms with Gasteiger partial charge in [-0.2, -0.15) is 0 Å². The summed E-state index contributed by atoms with van der Waals surface area (Å²) in [5.41, 5.74) is 3.23. The first-order chi connectivity index (χ1) is 13.6. The largest absolute Gasteiger partial charge is 0.385 e. The lowest BCUT2D eigenvalue weighted by Crippen LogP contribution is -2.54. The molecule has 0 saturated carbocycles. The lowest BCUT2D eigenvalue weighted by molar-refractivity contribution is -0.0555. The van der Waals surface area contributed by atoms with Crippen molar-refractivity contribution >= 4 is 48.8 Å². The van der Waals surface area contributed by atoms with Crippen LogP contribution in [0.15, 0.2) is 18.2 Å². The first-order valence-electron chi connectivity index (χ1n) is 10.8. The molecule has 2 saturated heterocycles. The Balaban J connectivity index is 0.00000160. The summed E-state index contributed by atoms with van der Waals surface area (Å²) in [6.45, 7) is 12.8. The van der Waals surface area contributed by atoms with E-state index >= 15 is 0 Å². The van der Waals surface area contributed by atoms with Gasteiger partial charge in [-0.25, -0.2) is 0 Å². The summed E-state index contributed by atoms with van der Waals surface area (Å²) >= 11 is 0. The molecule has 31 heavy (non-hydrogen) atoms. The number of amides is 1. The van der Waals surface area contributed by atoms with Crippen LogP contribution in [0, 0.1) is 0 Å². The molecule has 0 aromatic heterocycles. The van der Waals surface area contributed by atoms with Crippen molar-refractivity contribution < 1.29 is 9.53 Å². The molecule has 1 N–H and O–H groups in total. The highest BCUT2D eigenvalue weighted by Gasteiger charge is 2.28.